The van der Waals surface area contributed by atoms with Gasteiger partial charge in [-0.3, -0.25) is 4.98 Å². The van der Waals surface area contributed by atoms with Gasteiger partial charge in [0.15, 0.2) is 11.5 Å². The largest absolute Gasteiger partial charge is 0.305 e. The van der Waals surface area contributed by atoms with Crippen LogP contribution in [0.2, 0.25) is 0 Å². The molecule has 0 fully saturated rings. The van der Waals surface area contributed by atoms with E-state index in [1.165, 1.54) is 11.1 Å². The van der Waals surface area contributed by atoms with Gasteiger partial charge < -0.3 is 4.57 Å². The van der Waals surface area contributed by atoms with Crippen molar-refractivity contribution in [2.75, 3.05) is 0 Å². The van der Waals surface area contributed by atoms with Crippen molar-refractivity contribution in [1.29, 1.82) is 0 Å². The Bertz CT molecular complexity index is 2900. The van der Waals surface area contributed by atoms with Crippen LogP contribution in [-0.4, -0.2) is 39.7 Å². The van der Waals surface area contributed by atoms with E-state index in [9.17, 15) is 0 Å². The Morgan fingerprint density at radius 1 is 0.712 bits per heavy atom. The second kappa shape index (κ2) is 15.1. The molecule has 1 aliphatic rings. The van der Waals surface area contributed by atoms with Gasteiger partial charge in [0.05, 0.1) is 6.04 Å². The molecule has 4 aromatic heterocycles. The molecule has 1 atom stereocenters. The number of tetrazole rings is 1. The van der Waals surface area contributed by atoms with Crippen LogP contribution in [0.3, 0.4) is 0 Å². The molecular weight excluding hydrogens is 725 g/mol. The molecule has 9 aromatic rings. The first-order valence-electron chi connectivity index (χ1n) is 20.1. The van der Waals surface area contributed by atoms with E-state index in [0.29, 0.717) is 5.82 Å². The van der Waals surface area contributed by atoms with Gasteiger partial charge in [-0.15, -0.1) is 5.10 Å². The highest BCUT2D eigenvalue weighted by Crippen LogP contribution is 2.45. The summed E-state index contributed by atoms with van der Waals surface area (Å²) in [5.74, 6) is 8.23. The van der Waals surface area contributed by atoms with Gasteiger partial charge in [0.2, 0.25) is 0 Å². The summed E-state index contributed by atoms with van der Waals surface area (Å²) in [6.07, 6.45) is 6.22. The Hall–Kier alpha value is -7.50. The van der Waals surface area contributed by atoms with E-state index in [1.54, 1.807) is 12.4 Å². The maximum absolute atomic E-state index is 5.13. The van der Waals surface area contributed by atoms with Gasteiger partial charge in [-0.2, -0.15) is 0 Å². The first-order chi connectivity index (χ1) is 29.1. The minimum absolute atomic E-state index is 0.109. The normalized spacial score (nSPS) is 13.6. The number of benzene rings is 5. The SMILES string of the molecule is CCc1nc2c(C)cc(C#Cc3cccnc3)nc2n1C1CCc2cc(-c3ccccc3-c3nnnn3C(c3ccccc3)(c3ccccc3)c3ccccc3)ccc21. The summed E-state index contributed by atoms with van der Waals surface area (Å²) in [7, 11) is 0. The van der Waals surface area contributed by atoms with E-state index < -0.39 is 5.54 Å². The molecule has 0 saturated carbocycles. The smallest absolute Gasteiger partial charge is 0.184 e. The highest BCUT2D eigenvalue weighted by molar-refractivity contribution is 5.82. The van der Waals surface area contributed by atoms with E-state index in [-0.39, 0.29) is 6.04 Å². The minimum Gasteiger partial charge on any atom is -0.305 e. The molecule has 0 N–H and O–H groups in total. The predicted molar refractivity (Wildman–Crippen MR) is 232 cm³/mol. The molecule has 10 rings (SSSR count). The number of pyridine rings is 2. The van der Waals surface area contributed by atoms with Crippen molar-refractivity contribution in [2.45, 2.75) is 44.7 Å². The lowest BCUT2D eigenvalue weighted by atomic mass is 9.77. The van der Waals surface area contributed by atoms with E-state index in [0.717, 1.165) is 86.5 Å². The highest BCUT2D eigenvalue weighted by atomic mass is 15.6. The van der Waals surface area contributed by atoms with Crippen LogP contribution < -0.4 is 0 Å². The van der Waals surface area contributed by atoms with Crippen molar-refractivity contribution >= 4 is 11.2 Å². The Kier molecular flexibility index (Phi) is 9.19. The number of hydrogen-bond acceptors (Lipinski definition) is 6. The summed E-state index contributed by atoms with van der Waals surface area (Å²) in [4.78, 5) is 14.5. The van der Waals surface area contributed by atoms with Gasteiger partial charge in [0, 0.05) is 29.9 Å². The van der Waals surface area contributed by atoms with Crippen molar-refractivity contribution in [3.05, 3.63) is 215 Å². The van der Waals surface area contributed by atoms with Crippen molar-refractivity contribution in [3.8, 4) is 34.4 Å². The zero-order valence-electron chi connectivity index (χ0n) is 32.9. The molecule has 284 valence electrons. The number of aromatic nitrogens is 8. The zero-order chi connectivity index (χ0) is 39.8. The van der Waals surface area contributed by atoms with E-state index in [1.807, 2.05) is 41.1 Å². The summed E-state index contributed by atoms with van der Waals surface area (Å²) in [6, 6.07) is 53.0. The molecule has 0 radical (unpaired) electrons. The maximum atomic E-state index is 5.13. The fourth-order valence-corrected chi connectivity index (χ4v) is 8.92. The van der Waals surface area contributed by atoms with Crippen LogP contribution in [-0.2, 0) is 18.4 Å². The number of hydrogen-bond donors (Lipinski definition) is 0. The quantitative estimate of drug-likeness (QED) is 0.113. The first kappa shape index (κ1) is 35.9. The lowest BCUT2D eigenvalue weighted by Crippen LogP contribution is -2.39. The average Bonchev–Trinajstić information content (AvgIpc) is 4.05. The third-order valence-corrected chi connectivity index (χ3v) is 11.6. The average molecular weight is 765 g/mol. The third kappa shape index (κ3) is 6.19. The van der Waals surface area contributed by atoms with Crippen molar-refractivity contribution in [1.82, 2.24) is 39.7 Å². The van der Waals surface area contributed by atoms with Crippen LogP contribution in [0.15, 0.2) is 164 Å². The fourth-order valence-electron chi connectivity index (χ4n) is 8.92. The second-order valence-electron chi connectivity index (χ2n) is 15.0. The standard InChI is InChI=1S/C51H40N8/c1-3-47-54-48-35(2)32-42(28-25-36-16-15-31-52-34-36)53-50(48)58(47)46-30-27-38-33-37(26-29-44(38)46)43-23-13-14-24-45(43)49-55-56-57-59(49)51(39-17-7-4-8-18-39,40-19-9-5-10-20-40)41-21-11-6-12-22-41/h4-24,26,29,31-34,46H,3,27,30H2,1-2H3. The minimum atomic E-state index is -0.859. The molecule has 59 heavy (non-hydrogen) atoms. The molecule has 8 heteroatoms. The molecule has 0 aliphatic heterocycles. The summed E-state index contributed by atoms with van der Waals surface area (Å²) < 4.78 is 4.37. The third-order valence-electron chi connectivity index (χ3n) is 11.6. The summed E-state index contributed by atoms with van der Waals surface area (Å²) in [6.45, 7) is 4.27. The van der Waals surface area contributed by atoms with E-state index in [2.05, 4.69) is 156 Å². The lowest BCUT2D eigenvalue weighted by Gasteiger charge is -2.36. The molecular formula is C51H40N8. The first-order valence-corrected chi connectivity index (χ1v) is 20.1. The summed E-state index contributed by atoms with van der Waals surface area (Å²) >= 11 is 0. The van der Waals surface area contributed by atoms with Crippen molar-refractivity contribution in [2.24, 2.45) is 0 Å². The topological polar surface area (TPSA) is 87.2 Å². The van der Waals surface area contributed by atoms with Crippen LogP contribution in [0.4, 0.5) is 0 Å². The summed E-state index contributed by atoms with van der Waals surface area (Å²) in [5.41, 5.74) is 12.5. The number of fused-ring (bicyclic) bond motifs is 2. The summed E-state index contributed by atoms with van der Waals surface area (Å²) in [5, 5.41) is 14.0. The van der Waals surface area contributed by atoms with Crippen molar-refractivity contribution < 1.29 is 0 Å². The van der Waals surface area contributed by atoms with Crippen LogP contribution in [0.5, 0.6) is 0 Å². The van der Waals surface area contributed by atoms with E-state index in [4.69, 9.17) is 20.3 Å². The van der Waals surface area contributed by atoms with Gasteiger partial charge in [-0.1, -0.05) is 146 Å². The number of aryl methyl sites for hydroxylation is 3. The van der Waals surface area contributed by atoms with Crippen LogP contribution >= 0.6 is 0 Å². The Balaban J connectivity index is 1.08. The molecule has 1 aliphatic carbocycles. The molecule has 5 aromatic carbocycles. The highest BCUT2D eigenvalue weighted by Gasteiger charge is 2.42. The maximum Gasteiger partial charge on any atom is 0.184 e. The molecule has 1 unspecified atom stereocenters. The zero-order valence-corrected chi connectivity index (χ0v) is 32.9. The van der Waals surface area contributed by atoms with Gasteiger partial charge in [-0.25, -0.2) is 14.6 Å². The van der Waals surface area contributed by atoms with Crippen LogP contribution in [0.25, 0.3) is 33.7 Å². The molecule has 8 nitrogen and oxygen atoms in total. The van der Waals surface area contributed by atoms with E-state index >= 15 is 0 Å². The van der Waals surface area contributed by atoms with Crippen molar-refractivity contribution in [3.63, 3.8) is 0 Å². The monoisotopic (exact) mass is 764 g/mol. The second-order valence-corrected chi connectivity index (χ2v) is 15.0. The Morgan fingerprint density at radius 2 is 1.39 bits per heavy atom. The molecule has 0 saturated heterocycles. The number of rotatable bonds is 8. The Morgan fingerprint density at radius 3 is 2.05 bits per heavy atom. The van der Waals surface area contributed by atoms with Gasteiger partial charge in [0.25, 0.3) is 0 Å². The fraction of sp³-hybridized carbons (Fsp3) is 0.137. The number of nitrogens with zero attached hydrogens (tertiary/aromatic N) is 8. The van der Waals surface area contributed by atoms with Gasteiger partial charge in [-0.05, 0) is 98.8 Å². The molecule has 0 bridgehead atoms. The number of imidazole rings is 1. The van der Waals surface area contributed by atoms with Gasteiger partial charge in [0.1, 0.15) is 22.6 Å². The molecule has 0 spiro atoms. The molecule has 4 heterocycles. The van der Waals surface area contributed by atoms with Crippen LogP contribution in [0, 0.1) is 18.8 Å². The van der Waals surface area contributed by atoms with Gasteiger partial charge >= 0.3 is 0 Å². The predicted octanol–water partition coefficient (Wildman–Crippen LogP) is 9.79. The Labute approximate surface area is 343 Å². The molecule has 0 amide bonds. The van der Waals surface area contributed by atoms with Crippen LogP contribution in [0.1, 0.15) is 69.8 Å². The lowest BCUT2D eigenvalue weighted by molar-refractivity contribution is 0.451.